The molecule has 0 radical (unpaired) electrons. The first kappa shape index (κ1) is 13.7. The Morgan fingerprint density at radius 3 is 2.94 bits per heavy atom. The van der Waals surface area contributed by atoms with Crippen molar-refractivity contribution in [2.45, 2.75) is 58.1 Å². The Balaban J connectivity index is 2.38. The van der Waals surface area contributed by atoms with Gasteiger partial charge in [0.15, 0.2) is 0 Å². The second-order valence-corrected chi connectivity index (χ2v) is 4.88. The van der Waals surface area contributed by atoms with E-state index in [9.17, 15) is 0 Å². The molecule has 0 aromatic heterocycles. The lowest BCUT2D eigenvalue weighted by Gasteiger charge is -2.27. The predicted molar refractivity (Wildman–Crippen MR) is 69.7 cm³/mol. The van der Waals surface area contributed by atoms with E-state index in [1.807, 2.05) is 6.08 Å². The van der Waals surface area contributed by atoms with Crippen LogP contribution in [0.2, 0.25) is 0 Å². The number of allylic oxidation sites excluding steroid dienone is 1. The standard InChI is InChI=1S/C14H27NO/c1-4-6-7-8-13(15-10-5-2)14-12(3)9-11-16-14/h4,12-15H,1,5-11H2,2-3H3. The maximum atomic E-state index is 5.87. The van der Waals surface area contributed by atoms with Gasteiger partial charge in [-0.3, -0.25) is 0 Å². The van der Waals surface area contributed by atoms with Crippen LogP contribution in [0.4, 0.5) is 0 Å². The minimum Gasteiger partial charge on any atom is -0.376 e. The van der Waals surface area contributed by atoms with E-state index in [0.29, 0.717) is 18.1 Å². The number of hydrogen-bond donors (Lipinski definition) is 1. The van der Waals surface area contributed by atoms with E-state index in [-0.39, 0.29) is 0 Å². The SMILES string of the molecule is C=CCCCC(NCCC)C1OCCC1C. The van der Waals surface area contributed by atoms with Gasteiger partial charge in [0.1, 0.15) is 0 Å². The van der Waals surface area contributed by atoms with Gasteiger partial charge in [-0.05, 0) is 44.6 Å². The summed E-state index contributed by atoms with van der Waals surface area (Å²) in [5, 5.41) is 3.64. The minimum atomic E-state index is 0.427. The highest BCUT2D eigenvalue weighted by Gasteiger charge is 2.31. The molecule has 1 fully saturated rings. The van der Waals surface area contributed by atoms with Crippen LogP contribution in [0.5, 0.6) is 0 Å². The van der Waals surface area contributed by atoms with Crippen LogP contribution in [-0.2, 0) is 4.74 Å². The van der Waals surface area contributed by atoms with E-state index in [0.717, 1.165) is 19.6 Å². The van der Waals surface area contributed by atoms with Gasteiger partial charge >= 0.3 is 0 Å². The van der Waals surface area contributed by atoms with Crippen LogP contribution in [0.3, 0.4) is 0 Å². The molecule has 0 saturated carbocycles. The van der Waals surface area contributed by atoms with Gasteiger partial charge in [-0.2, -0.15) is 0 Å². The molecule has 0 aromatic carbocycles. The molecule has 0 amide bonds. The average molecular weight is 225 g/mol. The van der Waals surface area contributed by atoms with Crippen molar-refractivity contribution in [3.8, 4) is 0 Å². The van der Waals surface area contributed by atoms with Crippen molar-refractivity contribution in [1.29, 1.82) is 0 Å². The molecule has 16 heavy (non-hydrogen) atoms. The summed E-state index contributed by atoms with van der Waals surface area (Å²) in [7, 11) is 0. The molecule has 3 unspecified atom stereocenters. The number of ether oxygens (including phenoxy) is 1. The fraction of sp³-hybridized carbons (Fsp3) is 0.857. The summed E-state index contributed by atoms with van der Waals surface area (Å²) < 4.78 is 5.87. The zero-order valence-electron chi connectivity index (χ0n) is 10.9. The van der Waals surface area contributed by atoms with Gasteiger partial charge in [0, 0.05) is 12.6 Å². The van der Waals surface area contributed by atoms with Crippen molar-refractivity contribution in [3.05, 3.63) is 12.7 Å². The highest BCUT2D eigenvalue weighted by atomic mass is 16.5. The normalized spacial score (nSPS) is 26.9. The highest BCUT2D eigenvalue weighted by Crippen LogP contribution is 2.25. The third-order valence-electron chi connectivity index (χ3n) is 3.42. The van der Waals surface area contributed by atoms with Gasteiger partial charge in [0.25, 0.3) is 0 Å². The van der Waals surface area contributed by atoms with Crippen molar-refractivity contribution < 1.29 is 4.74 Å². The molecule has 1 N–H and O–H groups in total. The van der Waals surface area contributed by atoms with Gasteiger partial charge in [-0.15, -0.1) is 6.58 Å². The number of rotatable bonds is 8. The molecule has 0 spiro atoms. The van der Waals surface area contributed by atoms with Crippen LogP contribution in [0.1, 0.15) is 46.0 Å². The van der Waals surface area contributed by atoms with Gasteiger partial charge in [0.05, 0.1) is 6.10 Å². The molecular formula is C14H27NO. The molecule has 1 heterocycles. The Kier molecular flexibility index (Phi) is 6.74. The summed E-state index contributed by atoms with van der Waals surface area (Å²) in [4.78, 5) is 0. The lowest BCUT2D eigenvalue weighted by Crippen LogP contribution is -2.42. The first-order chi connectivity index (χ1) is 7.79. The third-order valence-corrected chi connectivity index (χ3v) is 3.42. The monoisotopic (exact) mass is 225 g/mol. The fourth-order valence-electron chi connectivity index (χ4n) is 2.43. The summed E-state index contributed by atoms with van der Waals surface area (Å²) >= 11 is 0. The van der Waals surface area contributed by atoms with Gasteiger partial charge in [0.2, 0.25) is 0 Å². The first-order valence-electron chi connectivity index (χ1n) is 6.75. The third kappa shape index (κ3) is 4.26. The Bertz CT molecular complexity index is 193. The van der Waals surface area contributed by atoms with Gasteiger partial charge in [-0.1, -0.05) is 19.9 Å². The Morgan fingerprint density at radius 2 is 2.38 bits per heavy atom. The summed E-state index contributed by atoms with van der Waals surface area (Å²) in [6.45, 7) is 10.4. The number of hydrogen-bond acceptors (Lipinski definition) is 2. The van der Waals surface area contributed by atoms with Crippen LogP contribution in [0.25, 0.3) is 0 Å². The van der Waals surface area contributed by atoms with Crippen LogP contribution in [-0.4, -0.2) is 25.3 Å². The summed E-state index contributed by atoms with van der Waals surface area (Å²) in [6.07, 6.45) is 8.39. The summed E-state index contributed by atoms with van der Waals surface area (Å²) in [5.41, 5.74) is 0. The topological polar surface area (TPSA) is 21.3 Å². The van der Waals surface area contributed by atoms with Crippen molar-refractivity contribution in [2.75, 3.05) is 13.2 Å². The minimum absolute atomic E-state index is 0.427. The van der Waals surface area contributed by atoms with Crippen molar-refractivity contribution in [1.82, 2.24) is 5.32 Å². The second kappa shape index (κ2) is 7.86. The van der Waals surface area contributed by atoms with Crippen molar-refractivity contribution in [2.24, 2.45) is 5.92 Å². The van der Waals surface area contributed by atoms with Crippen LogP contribution in [0.15, 0.2) is 12.7 Å². The molecule has 3 atom stereocenters. The van der Waals surface area contributed by atoms with Crippen molar-refractivity contribution >= 4 is 0 Å². The lowest BCUT2D eigenvalue weighted by atomic mass is 9.94. The molecule has 94 valence electrons. The lowest BCUT2D eigenvalue weighted by molar-refractivity contribution is 0.0577. The molecular weight excluding hydrogens is 198 g/mol. The van der Waals surface area contributed by atoms with Gasteiger partial charge < -0.3 is 10.1 Å². The molecule has 1 aliphatic rings. The number of nitrogens with one attached hydrogen (secondary N) is 1. The number of unbranched alkanes of at least 4 members (excludes halogenated alkanes) is 1. The molecule has 0 aliphatic carbocycles. The highest BCUT2D eigenvalue weighted by molar-refractivity contribution is 4.85. The summed E-state index contributed by atoms with van der Waals surface area (Å²) in [6, 6.07) is 0.539. The second-order valence-electron chi connectivity index (χ2n) is 4.88. The molecule has 0 aromatic rings. The maximum Gasteiger partial charge on any atom is 0.0754 e. The quantitative estimate of drug-likeness (QED) is 0.506. The zero-order chi connectivity index (χ0) is 11.8. The largest absolute Gasteiger partial charge is 0.376 e. The fourth-order valence-corrected chi connectivity index (χ4v) is 2.43. The summed E-state index contributed by atoms with van der Waals surface area (Å²) in [5.74, 6) is 0.707. The molecule has 1 aliphatic heterocycles. The molecule has 2 nitrogen and oxygen atoms in total. The molecule has 1 rings (SSSR count). The molecule has 0 bridgehead atoms. The zero-order valence-corrected chi connectivity index (χ0v) is 10.9. The first-order valence-corrected chi connectivity index (χ1v) is 6.75. The van der Waals surface area contributed by atoms with E-state index >= 15 is 0 Å². The molecule has 2 heteroatoms. The van der Waals surface area contributed by atoms with E-state index in [2.05, 4.69) is 25.7 Å². The maximum absolute atomic E-state index is 5.87. The predicted octanol–water partition coefficient (Wildman–Crippen LogP) is 3.14. The van der Waals surface area contributed by atoms with Crippen molar-refractivity contribution in [3.63, 3.8) is 0 Å². The van der Waals surface area contributed by atoms with E-state index in [1.54, 1.807) is 0 Å². The van der Waals surface area contributed by atoms with Crippen LogP contribution >= 0.6 is 0 Å². The smallest absolute Gasteiger partial charge is 0.0754 e. The Hall–Kier alpha value is -0.340. The van der Waals surface area contributed by atoms with E-state index < -0.39 is 0 Å². The Labute approximate surface area is 100 Å². The van der Waals surface area contributed by atoms with Gasteiger partial charge in [-0.25, -0.2) is 0 Å². The van der Waals surface area contributed by atoms with Crippen LogP contribution < -0.4 is 5.32 Å². The van der Waals surface area contributed by atoms with E-state index in [4.69, 9.17) is 4.74 Å². The molecule has 1 saturated heterocycles. The van der Waals surface area contributed by atoms with E-state index in [1.165, 1.54) is 25.7 Å². The average Bonchev–Trinajstić information content (AvgIpc) is 2.70. The van der Waals surface area contributed by atoms with Crippen LogP contribution in [0, 0.1) is 5.92 Å². The Morgan fingerprint density at radius 1 is 1.56 bits per heavy atom.